The fourth-order valence-corrected chi connectivity index (χ4v) is 12.1. The molecule has 4 aliphatic heterocycles. The molecule has 3 fully saturated rings. The molecule has 7 N–H and O–H groups in total. The minimum absolute atomic E-state index is 0.0120. The predicted octanol–water partition coefficient (Wildman–Crippen LogP) is -2.34. The zero-order chi connectivity index (χ0) is 56.4. The highest BCUT2D eigenvalue weighted by Crippen LogP contribution is 2.55. The van der Waals surface area contributed by atoms with Gasteiger partial charge in [-0.2, -0.15) is 0 Å². The van der Waals surface area contributed by atoms with Crippen molar-refractivity contribution in [2.75, 3.05) is 110 Å². The summed E-state index contributed by atoms with van der Waals surface area (Å²) >= 11 is 2.48. The van der Waals surface area contributed by atoms with Crippen LogP contribution in [0.1, 0.15) is 51.5 Å². The Morgan fingerprint density at radius 2 is 1.36 bits per heavy atom. The van der Waals surface area contributed by atoms with Crippen LogP contribution in [0.5, 0.6) is 5.75 Å². The average molecular weight is 1120 g/mol. The number of carboxylic acids is 4. The molecule has 4 aliphatic rings. The summed E-state index contributed by atoms with van der Waals surface area (Å²) in [7, 11) is 1.63. The third kappa shape index (κ3) is 14.3. The number of carbonyl (C=O) groups excluding carboxylic acids is 6. The Labute approximate surface area is 451 Å². The Balaban J connectivity index is 1.20. The summed E-state index contributed by atoms with van der Waals surface area (Å²) < 4.78 is 1.43. The fourth-order valence-electron chi connectivity index (χ4n) is 9.66. The maximum Gasteiger partial charge on any atom is 0.320 e. The van der Waals surface area contributed by atoms with Crippen LogP contribution in [0.4, 0.5) is 0 Å². The van der Waals surface area contributed by atoms with Crippen LogP contribution >= 0.6 is 23.5 Å². The van der Waals surface area contributed by atoms with E-state index in [1.807, 2.05) is 0 Å². The first-order chi connectivity index (χ1) is 36.5. The zero-order valence-electron chi connectivity index (χ0n) is 43.2. The summed E-state index contributed by atoms with van der Waals surface area (Å²) in [5.74, 6) is -10.5. The van der Waals surface area contributed by atoms with Crippen molar-refractivity contribution in [2.24, 2.45) is 7.05 Å². The number of phenols is 1. The number of carboxylic acid groups (broad SMARTS) is 4. The number of nitrogens with zero attached hydrogens (tertiary/aromatic N) is 11. The molecule has 0 aliphatic carbocycles. The predicted molar refractivity (Wildman–Crippen MR) is 273 cm³/mol. The molecule has 420 valence electrons. The molecule has 6 amide bonds. The molecule has 2 aromatic rings. The number of hydrogen-bond donors (Lipinski definition) is 7. The van der Waals surface area contributed by atoms with E-state index in [9.17, 15) is 73.5 Å². The van der Waals surface area contributed by atoms with Crippen molar-refractivity contribution in [3.8, 4) is 5.75 Å². The van der Waals surface area contributed by atoms with E-state index < -0.39 is 101 Å². The lowest BCUT2D eigenvalue weighted by atomic mass is 9.78. The second kappa shape index (κ2) is 26.1. The molecule has 4 atom stereocenters. The van der Waals surface area contributed by atoms with Crippen molar-refractivity contribution in [1.82, 2.24) is 65.1 Å². The van der Waals surface area contributed by atoms with Gasteiger partial charge in [-0.25, -0.2) is 4.68 Å². The standard InChI is InChI=1S/C47H65N13O15S2/c1-5-57-21-22-59(42(72)41(57)71)34(62)23-32(29-8-10-31(61)11-9-29)39(69)49-46(2)44(75)60-38(30(28-77-47(46,60)3)27-76-45-50-51-52-53(45)4)40(70)48-12-6-7-33(43(73)74)58-19-17-55(25-36(65)66)15-13-54(24-35(63)64)14-16-56(18-20-58)26-37(67)68/h8-11,32-33,61H,5-7,12-28H2,1-4H3,(H,48,70)(H,49,69)(H,63,64)(H,65,66)(H,67,68)(H,73,74)/t32-,33?,46+,47+/m0/s1. The number of imide groups is 1. The molecule has 0 saturated carbocycles. The van der Waals surface area contributed by atoms with Crippen LogP contribution < -0.4 is 10.6 Å². The molecule has 6 rings (SSSR count). The van der Waals surface area contributed by atoms with Gasteiger partial charge < -0.3 is 41.1 Å². The van der Waals surface area contributed by atoms with Gasteiger partial charge in [-0.15, -0.1) is 16.9 Å². The van der Waals surface area contributed by atoms with Crippen molar-refractivity contribution in [3.05, 3.63) is 41.1 Å². The number of piperazine rings is 1. The van der Waals surface area contributed by atoms with Crippen LogP contribution in [0.25, 0.3) is 0 Å². The van der Waals surface area contributed by atoms with Gasteiger partial charge in [0.1, 0.15) is 27.9 Å². The highest BCUT2D eigenvalue weighted by Gasteiger charge is 2.70. The first-order valence-electron chi connectivity index (χ1n) is 24.9. The minimum Gasteiger partial charge on any atom is -0.508 e. The molecule has 3 saturated heterocycles. The number of aromatic hydroxyl groups is 1. The minimum atomic E-state index is -1.70. The summed E-state index contributed by atoms with van der Waals surface area (Å²) in [5, 5.41) is 67.1. The number of aromatic nitrogens is 4. The van der Waals surface area contributed by atoms with Crippen molar-refractivity contribution in [1.29, 1.82) is 0 Å². The number of benzene rings is 1. The zero-order valence-corrected chi connectivity index (χ0v) is 44.8. The van der Waals surface area contributed by atoms with E-state index in [0.717, 1.165) is 4.90 Å². The summed E-state index contributed by atoms with van der Waals surface area (Å²) in [6, 6.07) is 4.31. The van der Waals surface area contributed by atoms with Gasteiger partial charge in [-0.3, -0.25) is 77.3 Å². The summed E-state index contributed by atoms with van der Waals surface area (Å²) in [5.41, 5.74) is -0.925. The third-order valence-corrected chi connectivity index (χ3v) is 17.0. The van der Waals surface area contributed by atoms with Gasteiger partial charge in [0.05, 0.1) is 25.6 Å². The quantitative estimate of drug-likeness (QED) is 0.0281. The number of likely N-dealkylation sites (N-methyl/N-ethyl adjacent to an activating group) is 1. The van der Waals surface area contributed by atoms with Crippen LogP contribution in [0.15, 0.2) is 40.7 Å². The van der Waals surface area contributed by atoms with Crippen LogP contribution in [0, 0.1) is 0 Å². The van der Waals surface area contributed by atoms with E-state index in [0.29, 0.717) is 10.7 Å². The number of amides is 6. The molecule has 0 bridgehead atoms. The van der Waals surface area contributed by atoms with Crippen LogP contribution in [0.2, 0.25) is 0 Å². The van der Waals surface area contributed by atoms with E-state index in [2.05, 4.69) is 26.2 Å². The van der Waals surface area contributed by atoms with Crippen LogP contribution in [-0.2, 0) is 55.0 Å². The number of rotatable bonds is 22. The number of hydrogen-bond acceptors (Lipinski definition) is 20. The van der Waals surface area contributed by atoms with Crippen molar-refractivity contribution in [3.63, 3.8) is 0 Å². The Kier molecular flexibility index (Phi) is 20.2. The van der Waals surface area contributed by atoms with E-state index in [-0.39, 0.29) is 126 Å². The van der Waals surface area contributed by atoms with Gasteiger partial charge in [0, 0.05) is 104 Å². The third-order valence-electron chi connectivity index (χ3n) is 14.2. The SMILES string of the molecule is CCN1CCN(C(=O)C[C@H](C(=O)N[C@]2(C)C(=O)N3C(C(=O)NCCCC(C(=O)O)N4CCN(CC(=O)O)CCN(CC(=O)O)CCN(CC(=O)O)CC4)=C(CSc4nnnn4C)CS[C@@]32C)c2ccc(O)cc2)C(=O)C1=O. The lowest BCUT2D eigenvalue weighted by molar-refractivity contribution is -0.164. The highest BCUT2D eigenvalue weighted by atomic mass is 32.2. The van der Waals surface area contributed by atoms with Crippen LogP contribution in [0.3, 0.4) is 0 Å². The molecule has 77 heavy (non-hydrogen) atoms. The maximum atomic E-state index is 14.7. The van der Waals surface area contributed by atoms with E-state index in [1.165, 1.54) is 69.2 Å². The number of carbonyl (C=O) groups is 10. The van der Waals surface area contributed by atoms with Gasteiger partial charge >= 0.3 is 35.7 Å². The fraction of sp³-hybridized carbons (Fsp3) is 0.596. The number of fused-ring (bicyclic) bond motifs is 1. The molecule has 28 nitrogen and oxygen atoms in total. The van der Waals surface area contributed by atoms with Crippen molar-refractivity contribution >= 4 is 82.8 Å². The number of tetrazole rings is 1. The first kappa shape index (κ1) is 59.5. The Morgan fingerprint density at radius 3 is 1.88 bits per heavy atom. The number of β-lactam (4-membered cyclic amide) rings is 1. The van der Waals surface area contributed by atoms with E-state index >= 15 is 0 Å². The summed E-state index contributed by atoms with van der Waals surface area (Å²) in [6.07, 6.45) is -0.499. The lowest BCUT2D eigenvalue weighted by Crippen LogP contribution is -2.85. The molecule has 0 spiro atoms. The number of thioether (sulfide) groups is 2. The summed E-state index contributed by atoms with van der Waals surface area (Å²) in [6.45, 7) is 4.78. The van der Waals surface area contributed by atoms with Gasteiger partial charge in [-0.1, -0.05) is 23.9 Å². The summed E-state index contributed by atoms with van der Waals surface area (Å²) in [4.78, 5) is 140. The Hall–Kier alpha value is -6.73. The first-order valence-corrected chi connectivity index (χ1v) is 26.8. The monoisotopic (exact) mass is 1120 g/mol. The topological polar surface area (TPSA) is 362 Å². The van der Waals surface area contributed by atoms with Gasteiger partial charge in [-0.05, 0) is 67.3 Å². The number of nitrogens with one attached hydrogen (secondary N) is 2. The Morgan fingerprint density at radius 1 is 0.792 bits per heavy atom. The molecule has 5 heterocycles. The maximum absolute atomic E-state index is 14.7. The highest BCUT2D eigenvalue weighted by molar-refractivity contribution is 8.01. The molecule has 1 aromatic carbocycles. The smallest absolute Gasteiger partial charge is 0.320 e. The number of aryl methyl sites for hydroxylation is 1. The molecular weight excluding hydrogens is 1050 g/mol. The van der Waals surface area contributed by atoms with Crippen LogP contribution in [-0.4, -0.2) is 265 Å². The molecule has 1 unspecified atom stereocenters. The second-order valence-corrected chi connectivity index (χ2v) is 21.5. The largest absolute Gasteiger partial charge is 0.508 e. The van der Waals surface area contributed by atoms with E-state index in [4.69, 9.17) is 0 Å². The van der Waals surface area contributed by atoms with Crippen molar-refractivity contribution in [2.45, 2.75) is 67.6 Å². The van der Waals surface area contributed by atoms with Gasteiger partial charge in [0.15, 0.2) is 0 Å². The van der Waals surface area contributed by atoms with E-state index in [1.54, 1.807) is 40.5 Å². The number of aliphatic carboxylic acids is 4. The Bertz CT molecular complexity index is 2590. The van der Waals surface area contributed by atoms with Crippen molar-refractivity contribution < 1.29 is 73.5 Å². The molecule has 0 radical (unpaired) electrons. The second-order valence-electron chi connectivity index (χ2n) is 19.2. The molecular formula is C47H65N13O15S2. The lowest BCUT2D eigenvalue weighted by Gasteiger charge is -2.63. The number of phenolic OH excluding ortho intramolecular Hbond substituents is 1. The van der Waals surface area contributed by atoms with Gasteiger partial charge in [0.2, 0.25) is 17.0 Å². The molecule has 1 aromatic heterocycles. The normalized spacial score (nSPS) is 22.3. The average Bonchev–Trinajstić information content (AvgIpc) is 3.81. The molecule has 30 heteroatoms. The van der Waals surface area contributed by atoms with Gasteiger partial charge in [0.25, 0.3) is 11.8 Å².